The number of rotatable bonds is 3. The number of amides is 1. The van der Waals surface area contributed by atoms with Crippen molar-refractivity contribution in [2.24, 2.45) is 11.3 Å². The second kappa shape index (κ2) is 6.72. The predicted molar refractivity (Wildman–Crippen MR) is 109 cm³/mol. The molecule has 3 aromatic rings. The first-order valence-electron chi connectivity index (χ1n) is 9.53. The number of hydrazine groups is 1. The molecule has 0 radical (unpaired) electrons. The number of carbonyl (C=O) groups is 1. The molecule has 0 bridgehead atoms. The molecule has 1 amide bonds. The quantitative estimate of drug-likeness (QED) is 0.602. The summed E-state index contributed by atoms with van der Waals surface area (Å²) in [5.41, 5.74) is 11.6. The normalized spacial score (nSPS) is 16.8. The van der Waals surface area contributed by atoms with Crippen LogP contribution in [0.25, 0.3) is 11.0 Å². The van der Waals surface area contributed by atoms with Crippen LogP contribution in [0.3, 0.4) is 0 Å². The van der Waals surface area contributed by atoms with Crippen LogP contribution in [0.15, 0.2) is 42.5 Å². The maximum Gasteiger partial charge on any atom is 0.286 e. The van der Waals surface area contributed by atoms with E-state index >= 15 is 0 Å². The zero-order chi connectivity index (χ0) is 19.0. The number of nitrogens with zero attached hydrogens (tertiary/aromatic N) is 1. The Labute approximate surface area is 159 Å². The highest BCUT2D eigenvalue weighted by Gasteiger charge is 2.29. The lowest BCUT2D eigenvalue weighted by Crippen LogP contribution is -2.29. The number of aromatic amines is 1. The maximum absolute atomic E-state index is 12.5. The van der Waals surface area contributed by atoms with Crippen LogP contribution in [0.4, 0.5) is 5.69 Å². The fourth-order valence-corrected chi connectivity index (χ4v) is 3.79. The van der Waals surface area contributed by atoms with Crippen LogP contribution in [0.5, 0.6) is 0 Å². The number of fused-ring (bicyclic) bond motifs is 2. The van der Waals surface area contributed by atoms with E-state index in [0.717, 1.165) is 29.6 Å². The van der Waals surface area contributed by atoms with Gasteiger partial charge in [-0.05, 0) is 60.4 Å². The van der Waals surface area contributed by atoms with Gasteiger partial charge in [0.25, 0.3) is 5.91 Å². The summed E-state index contributed by atoms with van der Waals surface area (Å²) in [6, 6.07) is 13.6. The summed E-state index contributed by atoms with van der Waals surface area (Å²) in [6.07, 6.45) is 3.24. The maximum atomic E-state index is 12.5. The Bertz CT molecular complexity index is 969. The molecule has 1 unspecified atom stereocenters. The molecule has 2 heterocycles. The second-order valence-electron chi connectivity index (χ2n) is 8.46. The first-order valence-corrected chi connectivity index (χ1v) is 9.53. The predicted octanol–water partition coefficient (Wildman–Crippen LogP) is 4.47. The fourth-order valence-electron chi connectivity index (χ4n) is 3.79. The molecular weight excluding hydrogens is 336 g/mol. The van der Waals surface area contributed by atoms with Crippen molar-refractivity contribution < 1.29 is 4.79 Å². The van der Waals surface area contributed by atoms with Crippen LogP contribution in [0, 0.1) is 11.3 Å². The summed E-state index contributed by atoms with van der Waals surface area (Å²) in [6.45, 7) is 6.93. The third kappa shape index (κ3) is 3.68. The van der Waals surface area contributed by atoms with Crippen molar-refractivity contribution in [2.75, 3.05) is 5.43 Å². The Balaban J connectivity index is 1.53. The third-order valence-corrected chi connectivity index (χ3v) is 5.53. The Morgan fingerprint density at radius 1 is 1.19 bits per heavy atom. The van der Waals surface area contributed by atoms with Gasteiger partial charge in [-0.15, -0.1) is 0 Å². The third-order valence-electron chi connectivity index (χ3n) is 5.53. The van der Waals surface area contributed by atoms with Gasteiger partial charge in [0.1, 0.15) is 5.69 Å². The fraction of sp³-hybridized carbons (Fsp3) is 0.364. The number of anilines is 1. The van der Waals surface area contributed by atoms with E-state index in [4.69, 9.17) is 4.98 Å². The minimum atomic E-state index is -0.206. The van der Waals surface area contributed by atoms with Gasteiger partial charge in [-0.25, -0.2) is 0 Å². The molecular formula is C22H26N4O. The van der Waals surface area contributed by atoms with E-state index < -0.39 is 0 Å². The number of hydrogen-bond donors (Lipinski definition) is 3. The van der Waals surface area contributed by atoms with Gasteiger partial charge in [-0.1, -0.05) is 39.0 Å². The number of nitrogens with one attached hydrogen (secondary N) is 3. The van der Waals surface area contributed by atoms with Gasteiger partial charge in [-0.3, -0.25) is 20.6 Å². The number of pyridine rings is 1. The molecule has 140 valence electrons. The topological polar surface area (TPSA) is 69.8 Å². The summed E-state index contributed by atoms with van der Waals surface area (Å²) < 4.78 is 0. The lowest BCUT2D eigenvalue weighted by Gasteiger charge is -2.34. The molecule has 0 saturated heterocycles. The number of para-hydroxylation sites is 1. The summed E-state index contributed by atoms with van der Waals surface area (Å²) in [5.74, 6) is 0.458. The van der Waals surface area contributed by atoms with E-state index in [9.17, 15) is 4.79 Å². The molecule has 5 nitrogen and oxygen atoms in total. The highest BCUT2D eigenvalue weighted by atomic mass is 16.2. The molecule has 1 aliphatic rings. The average molecular weight is 362 g/mol. The van der Waals surface area contributed by atoms with Crippen LogP contribution in [0.1, 0.15) is 48.9 Å². The number of benzene rings is 1. The van der Waals surface area contributed by atoms with E-state index in [1.807, 2.05) is 36.4 Å². The van der Waals surface area contributed by atoms with Crippen molar-refractivity contribution in [3.8, 4) is 0 Å². The Hall–Kier alpha value is -2.82. The summed E-state index contributed by atoms with van der Waals surface area (Å²) >= 11 is 0. The number of H-pyrrole nitrogens is 1. The Morgan fingerprint density at radius 2 is 1.96 bits per heavy atom. The number of carbonyl (C=O) groups excluding carboxylic acids is 1. The van der Waals surface area contributed by atoms with E-state index in [2.05, 4.69) is 42.7 Å². The standard InChI is InChI=1S/C22H26N4O/c1-22(2,3)15-9-10-17-14(11-15)12-18-19(23-17)13-20(24-18)21(27)26-25-16-7-5-4-6-8-16/h4-8,12-13,15,24-25H,9-11H2,1-3H3,(H,26,27). The zero-order valence-corrected chi connectivity index (χ0v) is 16.1. The summed E-state index contributed by atoms with van der Waals surface area (Å²) in [7, 11) is 0. The van der Waals surface area contributed by atoms with Crippen LogP contribution >= 0.6 is 0 Å². The van der Waals surface area contributed by atoms with Gasteiger partial charge < -0.3 is 4.98 Å². The Kier molecular flexibility index (Phi) is 4.38. The number of aromatic nitrogens is 2. The second-order valence-corrected chi connectivity index (χ2v) is 8.46. The first kappa shape index (κ1) is 17.6. The average Bonchev–Trinajstić information content (AvgIpc) is 3.06. The molecule has 4 rings (SSSR count). The highest BCUT2D eigenvalue weighted by molar-refractivity contribution is 5.97. The van der Waals surface area contributed by atoms with Crippen molar-refractivity contribution in [2.45, 2.75) is 40.0 Å². The molecule has 1 aliphatic carbocycles. The molecule has 0 saturated carbocycles. The summed E-state index contributed by atoms with van der Waals surface area (Å²) in [5, 5.41) is 0. The monoisotopic (exact) mass is 362 g/mol. The SMILES string of the molecule is CC(C)(C)C1CCc2nc3cc(C(=O)NNc4ccccc4)[nH]c3cc2C1. The van der Waals surface area contributed by atoms with E-state index in [0.29, 0.717) is 17.0 Å². The van der Waals surface area contributed by atoms with E-state index in [1.54, 1.807) is 0 Å². The Morgan fingerprint density at radius 3 is 2.70 bits per heavy atom. The summed E-state index contributed by atoms with van der Waals surface area (Å²) in [4.78, 5) is 20.5. The van der Waals surface area contributed by atoms with Gasteiger partial charge in [0, 0.05) is 5.69 Å². The highest BCUT2D eigenvalue weighted by Crippen LogP contribution is 2.37. The van der Waals surface area contributed by atoms with Gasteiger partial charge >= 0.3 is 0 Å². The molecule has 0 fully saturated rings. The number of hydrogen-bond acceptors (Lipinski definition) is 3. The largest absolute Gasteiger partial charge is 0.349 e. The van der Waals surface area contributed by atoms with Crippen molar-refractivity contribution in [1.29, 1.82) is 0 Å². The molecule has 2 aromatic heterocycles. The first-order chi connectivity index (χ1) is 12.9. The van der Waals surface area contributed by atoms with E-state index in [1.165, 1.54) is 17.7 Å². The molecule has 1 atom stereocenters. The van der Waals surface area contributed by atoms with Crippen LogP contribution in [-0.2, 0) is 12.8 Å². The lowest BCUT2D eigenvalue weighted by molar-refractivity contribution is 0.0958. The zero-order valence-electron chi connectivity index (χ0n) is 16.1. The lowest BCUT2D eigenvalue weighted by atomic mass is 9.71. The van der Waals surface area contributed by atoms with Gasteiger partial charge in [0.15, 0.2) is 0 Å². The molecule has 0 spiro atoms. The van der Waals surface area contributed by atoms with Gasteiger partial charge in [0.2, 0.25) is 0 Å². The van der Waals surface area contributed by atoms with Crippen molar-refractivity contribution >= 4 is 22.6 Å². The van der Waals surface area contributed by atoms with Crippen molar-refractivity contribution in [3.63, 3.8) is 0 Å². The molecule has 3 N–H and O–H groups in total. The minimum Gasteiger partial charge on any atom is -0.349 e. The smallest absolute Gasteiger partial charge is 0.286 e. The molecule has 27 heavy (non-hydrogen) atoms. The van der Waals surface area contributed by atoms with Crippen molar-refractivity contribution in [3.05, 3.63) is 59.4 Å². The van der Waals surface area contributed by atoms with Gasteiger partial charge in [0.05, 0.1) is 16.7 Å². The molecule has 0 aliphatic heterocycles. The van der Waals surface area contributed by atoms with Crippen molar-refractivity contribution in [1.82, 2.24) is 15.4 Å². The van der Waals surface area contributed by atoms with Crippen LogP contribution in [0.2, 0.25) is 0 Å². The molecule has 1 aromatic carbocycles. The van der Waals surface area contributed by atoms with Crippen LogP contribution < -0.4 is 10.9 Å². The molecule has 5 heteroatoms. The van der Waals surface area contributed by atoms with E-state index in [-0.39, 0.29) is 5.91 Å². The van der Waals surface area contributed by atoms with Gasteiger partial charge in [-0.2, -0.15) is 0 Å². The minimum absolute atomic E-state index is 0.206. The van der Waals surface area contributed by atoms with Crippen LogP contribution in [-0.4, -0.2) is 15.9 Å². The number of aryl methyl sites for hydroxylation is 1.